The van der Waals surface area contributed by atoms with Gasteiger partial charge in [0.15, 0.2) is 0 Å². The number of ether oxygens (including phenoxy) is 1. The average molecular weight is 344 g/mol. The number of nitrogens with zero attached hydrogens (tertiary/aromatic N) is 1. The summed E-state index contributed by atoms with van der Waals surface area (Å²) in [6, 6.07) is 5.09. The largest absolute Gasteiger partial charge is 0.416 e. The Morgan fingerprint density at radius 2 is 1.96 bits per heavy atom. The summed E-state index contributed by atoms with van der Waals surface area (Å²) in [6.07, 6.45) is -3.37. The van der Waals surface area contributed by atoms with Crippen molar-refractivity contribution in [2.45, 2.75) is 26.1 Å². The average Bonchev–Trinajstić information content (AvgIpc) is 2.99. The molecule has 2 aromatic rings. The molecule has 0 saturated carbocycles. The van der Waals surface area contributed by atoms with Crippen molar-refractivity contribution in [1.29, 1.82) is 0 Å². The standard InChI is InChI=1S/C16H19F3N2OS/c1-2-22-9-3-8-20-10-14-11-23-15(21-14)12-4-6-13(7-5-12)16(17,18)19/h4-7,11,20H,2-3,8-10H2,1H3. The summed E-state index contributed by atoms with van der Waals surface area (Å²) in [6.45, 7) is 4.90. The van der Waals surface area contributed by atoms with E-state index in [-0.39, 0.29) is 0 Å². The maximum atomic E-state index is 12.5. The molecule has 0 unspecified atom stereocenters. The quantitative estimate of drug-likeness (QED) is 0.723. The Morgan fingerprint density at radius 1 is 1.22 bits per heavy atom. The third kappa shape index (κ3) is 5.60. The highest BCUT2D eigenvalue weighted by atomic mass is 32.1. The first-order valence-electron chi connectivity index (χ1n) is 7.41. The van der Waals surface area contributed by atoms with Gasteiger partial charge < -0.3 is 10.1 Å². The van der Waals surface area contributed by atoms with Crippen LogP contribution < -0.4 is 5.32 Å². The molecule has 0 spiro atoms. The smallest absolute Gasteiger partial charge is 0.382 e. The van der Waals surface area contributed by atoms with Gasteiger partial charge in [0.25, 0.3) is 0 Å². The molecular formula is C16H19F3N2OS. The van der Waals surface area contributed by atoms with Crippen molar-refractivity contribution in [2.75, 3.05) is 19.8 Å². The predicted molar refractivity (Wildman–Crippen MR) is 85.4 cm³/mol. The van der Waals surface area contributed by atoms with Gasteiger partial charge in [0.2, 0.25) is 0 Å². The predicted octanol–water partition coefficient (Wildman–Crippen LogP) is 4.35. The van der Waals surface area contributed by atoms with Crippen LogP contribution in [0, 0.1) is 0 Å². The van der Waals surface area contributed by atoms with Crippen LogP contribution in [-0.4, -0.2) is 24.7 Å². The van der Waals surface area contributed by atoms with Crippen LogP contribution in [0.5, 0.6) is 0 Å². The van der Waals surface area contributed by atoms with Crippen LogP contribution in [0.25, 0.3) is 10.6 Å². The Hall–Kier alpha value is -1.44. The third-order valence-electron chi connectivity index (χ3n) is 3.16. The maximum Gasteiger partial charge on any atom is 0.416 e. The van der Waals surface area contributed by atoms with Crippen molar-refractivity contribution in [3.63, 3.8) is 0 Å². The lowest BCUT2D eigenvalue weighted by molar-refractivity contribution is -0.137. The zero-order valence-corrected chi connectivity index (χ0v) is 13.6. The van der Waals surface area contributed by atoms with Gasteiger partial charge in [-0.15, -0.1) is 11.3 Å². The number of rotatable bonds is 8. The van der Waals surface area contributed by atoms with Gasteiger partial charge in [-0.05, 0) is 32.0 Å². The molecule has 1 aromatic heterocycles. The Morgan fingerprint density at radius 3 is 2.61 bits per heavy atom. The highest BCUT2D eigenvalue weighted by Gasteiger charge is 2.30. The van der Waals surface area contributed by atoms with Crippen molar-refractivity contribution in [1.82, 2.24) is 10.3 Å². The minimum atomic E-state index is -4.31. The van der Waals surface area contributed by atoms with Crippen molar-refractivity contribution in [3.05, 3.63) is 40.9 Å². The van der Waals surface area contributed by atoms with E-state index in [2.05, 4.69) is 10.3 Å². The molecule has 0 radical (unpaired) electrons. The number of alkyl halides is 3. The molecule has 0 aliphatic heterocycles. The van der Waals surface area contributed by atoms with Crippen LogP contribution in [-0.2, 0) is 17.5 Å². The summed E-state index contributed by atoms with van der Waals surface area (Å²) in [5.41, 5.74) is 0.945. The Balaban J connectivity index is 1.86. The summed E-state index contributed by atoms with van der Waals surface area (Å²) in [5, 5.41) is 5.92. The van der Waals surface area contributed by atoms with Gasteiger partial charge in [0.1, 0.15) is 5.01 Å². The fraction of sp³-hybridized carbons (Fsp3) is 0.438. The van der Waals surface area contributed by atoms with Crippen LogP contribution in [0.4, 0.5) is 13.2 Å². The maximum absolute atomic E-state index is 12.5. The first-order chi connectivity index (χ1) is 11.0. The third-order valence-corrected chi connectivity index (χ3v) is 4.10. The molecule has 0 fully saturated rings. The molecule has 7 heteroatoms. The van der Waals surface area contributed by atoms with E-state index in [1.54, 1.807) is 0 Å². The number of benzene rings is 1. The van der Waals surface area contributed by atoms with Crippen molar-refractivity contribution in [3.8, 4) is 10.6 Å². The monoisotopic (exact) mass is 344 g/mol. The zero-order chi connectivity index (χ0) is 16.7. The lowest BCUT2D eigenvalue weighted by Gasteiger charge is -2.06. The van der Waals surface area contributed by atoms with Crippen LogP contribution in [0.2, 0.25) is 0 Å². The van der Waals surface area contributed by atoms with E-state index in [0.717, 1.165) is 49.0 Å². The molecule has 126 valence electrons. The first-order valence-corrected chi connectivity index (χ1v) is 8.29. The van der Waals surface area contributed by atoms with Crippen LogP contribution >= 0.6 is 11.3 Å². The summed E-state index contributed by atoms with van der Waals surface area (Å²) in [5.74, 6) is 0. The zero-order valence-electron chi connectivity index (χ0n) is 12.8. The van der Waals surface area contributed by atoms with Gasteiger partial charge in [-0.1, -0.05) is 12.1 Å². The second-order valence-corrected chi connectivity index (χ2v) is 5.80. The summed E-state index contributed by atoms with van der Waals surface area (Å²) >= 11 is 1.43. The van der Waals surface area contributed by atoms with Crippen molar-refractivity contribution < 1.29 is 17.9 Å². The molecule has 23 heavy (non-hydrogen) atoms. The minimum Gasteiger partial charge on any atom is -0.382 e. The lowest BCUT2D eigenvalue weighted by Crippen LogP contribution is -2.16. The van der Waals surface area contributed by atoms with Gasteiger partial charge >= 0.3 is 6.18 Å². The number of nitrogens with one attached hydrogen (secondary N) is 1. The molecular weight excluding hydrogens is 325 g/mol. The van der Waals surface area contributed by atoms with E-state index < -0.39 is 11.7 Å². The fourth-order valence-electron chi connectivity index (χ4n) is 1.98. The van der Waals surface area contributed by atoms with E-state index >= 15 is 0 Å². The fourth-order valence-corrected chi connectivity index (χ4v) is 2.81. The number of hydrogen-bond acceptors (Lipinski definition) is 4. The van der Waals surface area contributed by atoms with Crippen LogP contribution in [0.15, 0.2) is 29.6 Å². The van der Waals surface area contributed by atoms with Gasteiger partial charge in [0.05, 0.1) is 11.3 Å². The molecule has 0 aliphatic rings. The SMILES string of the molecule is CCOCCCNCc1csc(-c2ccc(C(F)(F)F)cc2)n1. The van der Waals surface area contributed by atoms with E-state index in [4.69, 9.17) is 4.74 Å². The molecule has 0 saturated heterocycles. The second-order valence-electron chi connectivity index (χ2n) is 4.95. The Kier molecular flexibility index (Phi) is 6.56. The molecule has 3 nitrogen and oxygen atoms in total. The van der Waals surface area contributed by atoms with E-state index in [1.165, 1.54) is 23.5 Å². The summed E-state index contributed by atoms with van der Waals surface area (Å²) < 4.78 is 42.9. The van der Waals surface area contributed by atoms with Gasteiger partial charge in [0, 0.05) is 30.7 Å². The van der Waals surface area contributed by atoms with Crippen molar-refractivity contribution >= 4 is 11.3 Å². The number of thiazole rings is 1. The Bertz CT molecular complexity index is 596. The molecule has 0 aliphatic carbocycles. The van der Waals surface area contributed by atoms with Gasteiger partial charge in [-0.3, -0.25) is 0 Å². The first kappa shape index (κ1) is 17.9. The molecule has 1 N–H and O–H groups in total. The highest BCUT2D eigenvalue weighted by molar-refractivity contribution is 7.13. The van der Waals surface area contributed by atoms with Crippen molar-refractivity contribution in [2.24, 2.45) is 0 Å². The molecule has 0 atom stereocenters. The molecule has 0 amide bonds. The van der Waals surface area contributed by atoms with Crippen LogP contribution in [0.1, 0.15) is 24.6 Å². The second kappa shape index (κ2) is 8.42. The lowest BCUT2D eigenvalue weighted by atomic mass is 10.1. The minimum absolute atomic E-state index is 0.642. The molecule has 1 aromatic carbocycles. The number of halogens is 3. The molecule has 0 bridgehead atoms. The number of aromatic nitrogens is 1. The molecule has 1 heterocycles. The molecule has 2 rings (SSSR count). The number of hydrogen-bond donors (Lipinski definition) is 1. The van der Waals surface area contributed by atoms with Crippen LogP contribution in [0.3, 0.4) is 0 Å². The highest BCUT2D eigenvalue weighted by Crippen LogP contribution is 2.31. The van der Waals surface area contributed by atoms with Gasteiger partial charge in [-0.25, -0.2) is 4.98 Å². The summed E-state index contributed by atoms with van der Waals surface area (Å²) in [4.78, 5) is 4.45. The summed E-state index contributed by atoms with van der Waals surface area (Å²) in [7, 11) is 0. The Labute approximate surface area is 137 Å². The van der Waals surface area contributed by atoms with E-state index in [1.807, 2.05) is 12.3 Å². The normalized spacial score (nSPS) is 11.8. The topological polar surface area (TPSA) is 34.1 Å². The van der Waals surface area contributed by atoms with Gasteiger partial charge in [-0.2, -0.15) is 13.2 Å². The van der Waals surface area contributed by atoms with E-state index in [9.17, 15) is 13.2 Å². The van der Waals surface area contributed by atoms with E-state index in [0.29, 0.717) is 12.1 Å².